The average Bonchev–Trinajstić information content (AvgIpc) is 3.14. The Kier molecular flexibility index (Phi) is 4.95. The van der Waals surface area contributed by atoms with Gasteiger partial charge in [-0.2, -0.15) is 5.10 Å². The Morgan fingerprint density at radius 2 is 1.74 bits per heavy atom. The zero-order valence-electron chi connectivity index (χ0n) is 16.6. The zero-order valence-corrected chi connectivity index (χ0v) is 17.5. The van der Waals surface area contributed by atoms with Gasteiger partial charge in [-0.3, -0.25) is 9.59 Å². The molecule has 2 heterocycles. The highest BCUT2D eigenvalue weighted by molar-refractivity contribution is 7.80. The molecule has 1 fully saturated rings. The van der Waals surface area contributed by atoms with E-state index >= 15 is 0 Å². The standard InChI is InChI=1S/C24H20N4O2S/c29-23-20-7-2-1-6-19(20)22(26-27-23)15-8-10-17(11-9-15)28-13-12-21(24(28)30)25-16-4-3-5-18(31)14-16/h1-11,14,21,25,31H,12-13H2,(H,27,29). The predicted molar refractivity (Wildman–Crippen MR) is 126 cm³/mol. The van der Waals surface area contributed by atoms with Crippen molar-refractivity contribution in [2.24, 2.45) is 0 Å². The second-order valence-electron chi connectivity index (χ2n) is 7.52. The van der Waals surface area contributed by atoms with Crippen molar-refractivity contribution in [1.29, 1.82) is 0 Å². The van der Waals surface area contributed by atoms with E-state index < -0.39 is 0 Å². The molecular weight excluding hydrogens is 408 g/mol. The lowest BCUT2D eigenvalue weighted by atomic mass is 10.0. The predicted octanol–water partition coefficient (Wildman–Crippen LogP) is 4.10. The number of aromatic nitrogens is 2. The van der Waals surface area contributed by atoms with E-state index in [1.807, 2.05) is 66.7 Å². The van der Waals surface area contributed by atoms with Crippen molar-refractivity contribution >= 4 is 40.7 Å². The number of rotatable bonds is 4. The summed E-state index contributed by atoms with van der Waals surface area (Å²) in [6.07, 6.45) is 0.726. The quantitative estimate of drug-likeness (QED) is 0.428. The maximum Gasteiger partial charge on any atom is 0.272 e. The number of aromatic amines is 1. The number of benzene rings is 3. The fourth-order valence-corrected chi connectivity index (χ4v) is 4.23. The summed E-state index contributed by atoms with van der Waals surface area (Å²) in [5, 5.41) is 11.5. The first-order valence-corrected chi connectivity index (χ1v) is 10.5. The molecule has 5 rings (SSSR count). The Morgan fingerprint density at radius 1 is 0.968 bits per heavy atom. The molecule has 1 aliphatic rings. The van der Waals surface area contributed by atoms with Crippen LogP contribution in [-0.4, -0.2) is 28.7 Å². The monoisotopic (exact) mass is 428 g/mol. The highest BCUT2D eigenvalue weighted by Crippen LogP contribution is 2.29. The number of nitrogens with zero attached hydrogens (tertiary/aromatic N) is 2. The number of nitrogens with one attached hydrogen (secondary N) is 2. The maximum absolute atomic E-state index is 13.0. The van der Waals surface area contributed by atoms with Crippen molar-refractivity contribution in [3.8, 4) is 11.3 Å². The number of H-pyrrole nitrogens is 1. The first kappa shape index (κ1) is 19.4. The van der Waals surface area contributed by atoms with E-state index in [1.165, 1.54) is 0 Å². The highest BCUT2D eigenvalue weighted by Gasteiger charge is 2.32. The number of thiol groups is 1. The van der Waals surface area contributed by atoms with Gasteiger partial charge < -0.3 is 10.2 Å². The third-order valence-corrected chi connectivity index (χ3v) is 5.82. The normalized spacial score (nSPS) is 16.1. The molecule has 1 atom stereocenters. The number of hydrogen-bond acceptors (Lipinski definition) is 5. The first-order chi connectivity index (χ1) is 15.1. The second-order valence-corrected chi connectivity index (χ2v) is 8.04. The Morgan fingerprint density at radius 3 is 2.52 bits per heavy atom. The number of amides is 1. The van der Waals surface area contributed by atoms with E-state index in [2.05, 4.69) is 28.1 Å². The van der Waals surface area contributed by atoms with Crippen LogP contribution in [0, 0.1) is 0 Å². The van der Waals surface area contributed by atoms with Crippen LogP contribution in [0.15, 0.2) is 82.5 Å². The summed E-state index contributed by atoms with van der Waals surface area (Å²) in [6.45, 7) is 0.649. The third kappa shape index (κ3) is 3.68. The largest absolute Gasteiger partial charge is 0.374 e. The Bertz CT molecular complexity index is 1330. The van der Waals surface area contributed by atoms with Crippen molar-refractivity contribution < 1.29 is 4.79 Å². The van der Waals surface area contributed by atoms with Gasteiger partial charge in [0.2, 0.25) is 5.91 Å². The van der Waals surface area contributed by atoms with Gasteiger partial charge in [-0.05, 0) is 42.8 Å². The van der Waals surface area contributed by atoms with Crippen LogP contribution in [0.1, 0.15) is 6.42 Å². The van der Waals surface area contributed by atoms with Gasteiger partial charge in [-0.15, -0.1) is 12.6 Å². The lowest BCUT2D eigenvalue weighted by Crippen LogP contribution is -2.33. The minimum atomic E-state index is -0.264. The summed E-state index contributed by atoms with van der Waals surface area (Å²) in [5.41, 5.74) is 3.11. The van der Waals surface area contributed by atoms with E-state index in [-0.39, 0.29) is 17.5 Å². The lowest BCUT2D eigenvalue weighted by molar-refractivity contribution is -0.117. The molecule has 0 bridgehead atoms. The molecule has 7 heteroatoms. The van der Waals surface area contributed by atoms with E-state index in [9.17, 15) is 9.59 Å². The number of carbonyl (C=O) groups excluding carboxylic acids is 1. The van der Waals surface area contributed by atoms with Crippen LogP contribution in [0.2, 0.25) is 0 Å². The van der Waals surface area contributed by atoms with Crippen molar-refractivity contribution in [1.82, 2.24) is 10.2 Å². The second kappa shape index (κ2) is 7.92. The minimum Gasteiger partial charge on any atom is -0.374 e. The van der Waals surface area contributed by atoms with Gasteiger partial charge >= 0.3 is 0 Å². The number of hydrogen-bond donors (Lipinski definition) is 3. The molecule has 4 aromatic rings. The topological polar surface area (TPSA) is 78.1 Å². The smallest absolute Gasteiger partial charge is 0.272 e. The van der Waals surface area contributed by atoms with Gasteiger partial charge in [0.05, 0.1) is 11.1 Å². The fourth-order valence-electron chi connectivity index (χ4n) is 4.00. The van der Waals surface area contributed by atoms with Gasteiger partial charge in [0.15, 0.2) is 0 Å². The third-order valence-electron chi connectivity index (χ3n) is 5.54. The molecule has 6 nitrogen and oxygen atoms in total. The first-order valence-electron chi connectivity index (χ1n) is 10.0. The van der Waals surface area contributed by atoms with Crippen LogP contribution in [0.4, 0.5) is 11.4 Å². The van der Waals surface area contributed by atoms with Crippen molar-refractivity contribution in [3.05, 3.63) is 83.2 Å². The summed E-state index contributed by atoms with van der Waals surface area (Å²) in [7, 11) is 0. The van der Waals surface area contributed by atoms with Crippen LogP contribution < -0.4 is 15.8 Å². The molecule has 154 valence electrons. The molecule has 31 heavy (non-hydrogen) atoms. The molecule has 0 spiro atoms. The van der Waals surface area contributed by atoms with Gasteiger partial charge in [0.1, 0.15) is 6.04 Å². The molecule has 1 saturated heterocycles. The summed E-state index contributed by atoms with van der Waals surface area (Å²) in [6, 6.07) is 22.5. The van der Waals surface area contributed by atoms with Gasteiger partial charge in [-0.25, -0.2) is 5.10 Å². The molecule has 0 saturated carbocycles. The Labute approximate surface area is 184 Å². The van der Waals surface area contributed by atoms with Gasteiger partial charge in [0.25, 0.3) is 5.56 Å². The minimum absolute atomic E-state index is 0.0462. The zero-order chi connectivity index (χ0) is 21.4. The molecule has 2 N–H and O–H groups in total. The average molecular weight is 429 g/mol. The Hall–Kier alpha value is -3.58. The van der Waals surface area contributed by atoms with Crippen LogP contribution >= 0.6 is 12.6 Å². The molecule has 1 aromatic heterocycles. The van der Waals surface area contributed by atoms with E-state index in [0.29, 0.717) is 17.6 Å². The molecule has 3 aromatic carbocycles. The van der Waals surface area contributed by atoms with Gasteiger partial charge in [-0.1, -0.05) is 36.4 Å². The SMILES string of the molecule is O=C1C(Nc2cccc(S)c2)CCN1c1ccc(-c2n[nH]c(=O)c3ccccc23)cc1. The van der Waals surface area contributed by atoms with E-state index in [0.717, 1.165) is 33.6 Å². The highest BCUT2D eigenvalue weighted by atomic mass is 32.1. The molecule has 0 radical (unpaired) electrons. The van der Waals surface area contributed by atoms with Crippen molar-refractivity contribution in [2.75, 3.05) is 16.8 Å². The number of fused-ring (bicyclic) bond motifs is 1. The van der Waals surface area contributed by atoms with Crippen LogP contribution in [0.25, 0.3) is 22.0 Å². The molecule has 1 aliphatic heterocycles. The summed E-state index contributed by atoms with van der Waals surface area (Å²) >= 11 is 4.36. The molecule has 1 amide bonds. The lowest BCUT2D eigenvalue weighted by Gasteiger charge is -2.18. The summed E-state index contributed by atoms with van der Waals surface area (Å²) < 4.78 is 0. The summed E-state index contributed by atoms with van der Waals surface area (Å²) in [5.74, 6) is 0.0462. The molecule has 0 aliphatic carbocycles. The van der Waals surface area contributed by atoms with Crippen LogP contribution in [0.5, 0.6) is 0 Å². The van der Waals surface area contributed by atoms with Crippen LogP contribution in [-0.2, 0) is 4.79 Å². The number of anilines is 2. The molecule has 1 unspecified atom stereocenters. The maximum atomic E-state index is 13.0. The number of carbonyl (C=O) groups is 1. The summed E-state index contributed by atoms with van der Waals surface area (Å²) in [4.78, 5) is 27.6. The molecular formula is C24H20N4O2S. The Balaban J connectivity index is 1.38. The van der Waals surface area contributed by atoms with E-state index in [1.54, 1.807) is 11.0 Å². The van der Waals surface area contributed by atoms with Crippen molar-refractivity contribution in [2.45, 2.75) is 17.4 Å². The fraction of sp³-hybridized carbons (Fsp3) is 0.125. The van der Waals surface area contributed by atoms with Crippen LogP contribution in [0.3, 0.4) is 0 Å². The van der Waals surface area contributed by atoms with Gasteiger partial charge in [0, 0.05) is 33.8 Å². The van der Waals surface area contributed by atoms with E-state index in [4.69, 9.17) is 0 Å². The van der Waals surface area contributed by atoms with Crippen molar-refractivity contribution in [3.63, 3.8) is 0 Å².